The topological polar surface area (TPSA) is 67.5 Å². The lowest BCUT2D eigenvalue weighted by atomic mass is 10.0. The normalized spacial score (nSPS) is 14.5. The monoisotopic (exact) mass is 441 g/mol. The Bertz CT molecular complexity index is 1280. The van der Waals surface area contributed by atoms with Crippen LogP contribution in [0.2, 0.25) is 0 Å². The molecule has 2 aromatic carbocycles. The third-order valence-corrected chi connectivity index (χ3v) is 6.29. The Morgan fingerprint density at radius 2 is 1.70 bits per heavy atom. The lowest BCUT2D eigenvalue weighted by molar-refractivity contribution is 0.0686. The summed E-state index contributed by atoms with van der Waals surface area (Å²) in [5, 5.41) is 4.10. The molecule has 168 valence electrons. The number of carbonyl (C=O) groups is 2. The molecule has 6 nitrogen and oxygen atoms in total. The van der Waals surface area contributed by atoms with Gasteiger partial charge in [-0.05, 0) is 49.6 Å². The molecule has 1 fully saturated rings. The summed E-state index contributed by atoms with van der Waals surface area (Å²) < 4.78 is 7.53. The van der Waals surface area contributed by atoms with E-state index in [0.29, 0.717) is 36.8 Å². The van der Waals surface area contributed by atoms with Crippen LogP contribution in [0.1, 0.15) is 45.2 Å². The van der Waals surface area contributed by atoms with Crippen LogP contribution in [0.15, 0.2) is 77.2 Å². The maximum Gasteiger partial charge on any atom is 0.287 e. The second-order valence-electron chi connectivity index (χ2n) is 8.61. The molecule has 33 heavy (non-hydrogen) atoms. The molecule has 4 aromatic rings. The molecule has 2 aromatic heterocycles. The van der Waals surface area contributed by atoms with Crippen molar-refractivity contribution in [3.8, 4) is 0 Å². The van der Waals surface area contributed by atoms with Gasteiger partial charge in [-0.15, -0.1) is 0 Å². The molecule has 5 rings (SSSR count). The first kappa shape index (κ1) is 21.1. The van der Waals surface area contributed by atoms with Gasteiger partial charge in [0, 0.05) is 36.6 Å². The number of aryl methyl sites for hydroxylation is 1. The smallest absolute Gasteiger partial charge is 0.287 e. The number of nitrogens with one attached hydrogen (secondary N) is 1. The summed E-state index contributed by atoms with van der Waals surface area (Å²) in [4.78, 5) is 27.8. The highest BCUT2D eigenvalue weighted by molar-refractivity contribution is 5.99. The Morgan fingerprint density at radius 3 is 2.42 bits per heavy atom. The number of para-hydroxylation sites is 1. The van der Waals surface area contributed by atoms with E-state index >= 15 is 0 Å². The van der Waals surface area contributed by atoms with E-state index in [0.717, 1.165) is 29.3 Å². The van der Waals surface area contributed by atoms with Gasteiger partial charge in [-0.3, -0.25) is 9.59 Å². The standard InChI is InChI=1S/C27H27N3O3/c1-19-11-12-25(33-19)26(31)28-22-13-15-29(16-14-22)27(32)24-17-21-9-5-6-10-23(21)30(24)18-20-7-3-2-4-8-20/h2-12,17,22H,13-16,18H2,1H3,(H,28,31). The van der Waals surface area contributed by atoms with E-state index in [2.05, 4.69) is 28.1 Å². The minimum atomic E-state index is -0.198. The molecule has 0 unspecified atom stereocenters. The lowest BCUT2D eigenvalue weighted by Gasteiger charge is -2.32. The van der Waals surface area contributed by atoms with Crippen LogP contribution in [0.4, 0.5) is 0 Å². The molecule has 0 radical (unpaired) electrons. The highest BCUT2D eigenvalue weighted by atomic mass is 16.3. The van der Waals surface area contributed by atoms with Gasteiger partial charge in [0.15, 0.2) is 5.76 Å². The summed E-state index contributed by atoms with van der Waals surface area (Å²) in [6.45, 7) is 3.67. The highest BCUT2D eigenvalue weighted by Gasteiger charge is 2.27. The predicted molar refractivity (Wildman–Crippen MR) is 127 cm³/mol. The second-order valence-corrected chi connectivity index (χ2v) is 8.61. The fourth-order valence-corrected chi connectivity index (χ4v) is 4.53. The summed E-state index contributed by atoms with van der Waals surface area (Å²) in [7, 11) is 0. The van der Waals surface area contributed by atoms with E-state index < -0.39 is 0 Å². The van der Waals surface area contributed by atoms with Crippen molar-refractivity contribution in [3.63, 3.8) is 0 Å². The van der Waals surface area contributed by atoms with Crippen LogP contribution in [-0.4, -0.2) is 40.4 Å². The first-order chi connectivity index (χ1) is 16.1. The van der Waals surface area contributed by atoms with Crippen LogP contribution in [0.25, 0.3) is 10.9 Å². The van der Waals surface area contributed by atoms with Crippen molar-refractivity contribution in [2.45, 2.75) is 32.4 Å². The Morgan fingerprint density at radius 1 is 0.970 bits per heavy atom. The molecule has 2 amide bonds. The zero-order valence-corrected chi connectivity index (χ0v) is 18.7. The van der Waals surface area contributed by atoms with Gasteiger partial charge in [0.05, 0.1) is 0 Å². The number of furan rings is 1. The van der Waals surface area contributed by atoms with E-state index in [1.54, 1.807) is 12.1 Å². The number of aromatic nitrogens is 1. The van der Waals surface area contributed by atoms with Crippen molar-refractivity contribution in [1.82, 2.24) is 14.8 Å². The van der Waals surface area contributed by atoms with Crippen LogP contribution in [0.3, 0.4) is 0 Å². The predicted octanol–water partition coefficient (Wildman–Crippen LogP) is 4.63. The first-order valence-electron chi connectivity index (χ1n) is 11.4. The Kier molecular flexibility index (Phi) is 5.73. The van der Waals surface area contributed by atoms with Gasteiger partial charge in [0.25, 0.3) is 11.8 Å². The number of piperidine rings is 1. The van der Waals surface area contributed by atoms with E-state index in [-0.39, 0.29) is 17.9 Å². The van der Waals surface area contributed by atoms with Gasteiger partial charge in [0.1, 0.15) is 11.5 Å². The SMILES string of the molecule is Cc1ccc(C(=O)NC2CCN(C(=O)c3cc4ccccc4n3Cc3ccccc3)CC2)o1. The summed E-state index contributed by atoms with van der Waals surface area (Å²) in [5.74, 6) is 0.882. The highest BCUT2D eigenvalue weighted by Crippen LogP contribution is 2.24. The summed E-state index contributed by atoms with van der Waals surface area (Å²) in [6, 6.07) is 23.8. The summed E-state index contributed by atoms with van der Waals surface area (Å²) >= 11 is 0. The molecular weight excluding hydrogens is 414 g/mol. The molecule has 0 atom stereocenters. The van der Waals surface area contributed by atoms with Crippen molar-refractivity contribution in [2.75, 3.05) is 13.1 Å². The van der Waals surface area contributed by atoms with Crippen molar-refractivity contribution in [2.24, 2.45) is 0 Å². The second kappa shape index (κ2) is 8.98. The third kappa shape index (κ3) is 4.42. The zero-order chi connectivity index (χ0) is 22.8. The van der Waals surface area contributed by atoms with Gasteiger partial charge in [-0.2, -0.15) is 0 Å². The Labute approximate surface area is 192 Å². The molecule has 6 heteroatoms. The van der Waals surface area contributed by atoms with Crippen molar-refractivity contribution in [3.05, 3.63) is 95.6 Å². The maximum atomic E-state index is 13.5. The van der Waals surface area contributed by atoms with E-state index in [1.807, 2.05) is 54.3 Å². The quantitative estimate of drug-likeness (QED) is 0.491. The van der Waals surface area contributed by atoms with Gasteiger partial charge in [-0.1, -0.05) is 48.5 Å². The van der Waals surface area contributed by atoms with Crippen LogP contribution < -0.4 is 5.32 Å². The zero-order valence-electron chi connectivity index (χ0n) is 18.7. The van der Waals surface area contributed by atoms with Crippen LogP contribution >= 0.6 is 0 Å². The number of hydrogen-bond acceptors (Lipinski definition) is 3. The maximum absolute atomic E-state index is 13.5. The number of likely N-dealkylation sites (tertiary alicyclic amines) is 1. The van der Waals surface area contributed by atoms with Crippen molar-refractivity contribution in [1.29, 1.82) is 0 Å². The van der Waals surface area contributed by atoms with Crippen molar-refractivity contribution < 1.29 is 14.0 Å². The van der Waals surface area contributed by atoms with E-state index in [1.165, 1.54) is 0 Å². The number of hydrogen-bond donors (Lipinski definition) is 1. The fraction of sp³-hybridized carbons (Fsp3) is 0.259. The van der Waals surface area contributed by atoms with Crippen molar-refractivity contribution >= 4 is 22.7 Å². The fourth-order valence-electron chi connectivity index (χ4n) is 4.53. The number of amides is 2. The summed E-state index contributed by atoms with van der Waals surface area (Å²) in [6.07, 6.45) is 1.44. The molecule has 3 heterocycles. The van der Waals surface area contributed by atoms with Crippen LogP contribution in [-0.2, 0) is 6.54 Å². The van der Waals surface area contributed by atoms with E-state index in [9.17, 15) is 9.59 Å². The van der Waals surface area contributed by atoms with Crippen LogP contribution in [0, 0.1) is 6.92 Å². The number of rotatable bonds is 5. The Hall–Kier alpha value is -3.80. The summed E-state index contributed by atoms with van der Waals surface area (Å²) in [5.41, 5.74) is 2.91. The molecule has 1 aliphatic heterocycles. The first-order valence-corrected chi connectivity index (χ1v) is 11.4. The lowest BCUT2D eigenvalue weighted by Crippen LogP contribution is -2.46. The molecule has 0 aliphatic carbocycles. The van der Waals surface area contributed by atoms with Gasteiger partial charge >= 0.3 is 0 Å². The van der Waals surface area contributed by atoms with Gasteiger partial charge < -0.3 is 19.2 Å². The third-order valence-electron chi connectivity index (χ3n) is 6.29. The minimum Gasteiger partial charge on any atom is -0.456 e. The number of benzene rings is 2. The molecule has 1 saturated heterocycles. The Balaban J connectivity index is 1.30. The molecule has 0 bridgehead atoms. The largest absolute Gasteiger partial charge is 0.456 e. The van der Waals surface area contributed by atoms with Gasteiger partial charge in [0.2, 0.25) is 0 Å². The number of carbonyl (C=O) groups excluding carboxylic acids is 2. The molecule has 0 saturated carbocycles. The molecular formula is C27H27N3O3. The average molecular weight is 442 g/mol. The minimum absolute atomic E-state index is 0.0298. The molecule has 1 N–H and O–H groups in total. The number of nitrogens with zero attached hydrogens (tertiary/aromatic N) is 2. The van der Waals surface area contributed by atoms with E-state index in [4.69, 9.17) is 4.42 Å². The molecule has 1 aliphatic rings. The van der Waals surface area contributed by atoms with Gasteiger partial charge in [-0.25, -0.2) is 0 Å². The average Bonchev–Trinajstić information content (AvgIpc) is 3.44. The number of fused-ring (bicyclic) bond motifs is 1. The molecule has 0 spiro atoms. The van der Waals surface area contributed by atoms with Crippen LogP contribution in [0.5, 0.6) is 0 Å².